The van der Waals surface area contributed by atoms with Crippen molar-refractivity contribution in [1.82, 2.24) is 9.62 Å². The van der Waals surface area contributed by atoms with E-state index >= 15 is 0 Å². The fourth-order valence-corrected chi connectivity index (χ4v) is 4.79. The highest BCUT2D eigenvalue weighted by Crippen LogP contribution is 2.38. The first-order chi connectivity index (χ1) is 10.4. The number of sulfonamides is 1. The molecule has 1 amide bonds. The highest BCUT2D eigenvalue weighted by Gasteiger charge is 2.41. The van der Waals surface area contributed by atoms with Crippen molar-refractivity contribution >= 4 is 15.9 Å². The van der Waals surface area contributed by atoms with Gasteiger partial charge in [-0.25, -0.2) is 12.7 Å². The molecule has 6 nitrogen and oxygen atoms in total. The minimum atomic E-state index is -3.15. The summed E-state index contributed by atoms with van der Waals surface area (Å²) >= 11 is 0. The number of amides is 1. The molecule has 3 aliphatic rings. The third kappa shape index (κ3) is 3.46. The standard InChI is InChI=1S/C15H26N2O4S/c1-22(19,20)17-10-12(11-17)14(18)16-13-5-8-21-15(9-13)6-3-2-4-7-15/h12-13H,2-11H2,1H3,(H,16,18). The second-order valence-corrected chi connectivity index (χ2v) is 9.05. The lowest BCUT2D eigenvalue weighted by Crippen LogP contribution is -2.58. The molecular formula is C15H26N2O4S. The Morgan fingerprint density at radius 3 is 2.55 bits per heavy atom. The number of nitrogens with zero attached hydrogens (tertiary/aromatic N) is 1. The van der Waals surface area contributed by atoms with E-state index in [0.29, 0.717) is 19.7 Å². The summed E-state index contributed by atoms with van der Waals surface area (Å²) in [6.07, 6.45) is 8.86. The van der Waals surface area contributed by atoms with Crippen LogP contribution in [0.15, 0.2) is 0 Å². The molecule has 126 valence electrons. The summed E-state index contributed by atoms with van der Waals surface area (Å²) in [5.41, 5.74) is -0.0210. The normalized spacial score (nSPS) is 30.0. The van der Waals surface area contributed by atoms with E-state index < -0.39 is 10.0 Å². The van der Waals surface area contributed by atoms with Gasteiger partial charge in [-0.3, -0.25) is 4.79 Å². The summed E-state index contributed by atoms with van der Waals surface area (Å²) in [7, 11) is -3.15. The largest absolute Gasteiger partial charge is 0.375 e. The fraction of sp³-hybridized carbons (Fsp3) is 0.933. The maximum absolute atomic E-state index is 12.3. The monoisotopic (exact) mass is 330 g/mol. The van der Waals surface area contributed by atoms with Crippen molar-refractivity contribution in [3.05, 3.63) is 0 Å². The average Bonchev–Trinajstić information content (AvgIpc) is 2.36. The molecule has 1 saturated carbocycles. The topological polar surface area (TPSA) is 75.7 Å². The van der Waals surface area contributed by atoms with Gasteiger partial charge >= 0.3 is 0 Å². The first kappa shape index (κ1) is 16.2. The summed E-state index contributed by atoms with van der Waals surface area (Å²) in [5.74, 6) is -0.197. The predicted octanol–water partition coefficient (Wildman–Crippen LogP) is 0.876. The molecule has 1 atom stereocenters. The van der Waals surface area contributed by atoms with Crippen molar-refractivity contribution in [1.29, 1.82) is 0 Å². The SMILES string of the molecule is CS(=O)(=O)N1CC(C(=O)NC2CCOC3(CCCCC3)C2)C1. The number of carbonyl (C=O) groups is 1. The molecule has 1 N–H and O–H groups in total. The summed E-state index contributed by atoms with van der Waals surface area (Å²) in [6.45, 7) is 1.35. The summed E-state index contributed by atoms with van der Waals surface area (Å²) in [5, 5.41) is 3.12. The zero-order chi connectivity index (χ0) is 15.8. The molecule has 3 fully saturated rings. The number of hydrogen-bond acceptors (Lipinski definition) is 4. The second-order valence-electron chi connectivity index (χ2n) is 7.07. The van der Waals surface area contributed by atoms with Gasteiger partial charge < -0.3 is 10.1 Å². The van der Waals surface area contributed by atoms with Gasteiger partial charge in [0.05, 0.1) is 17.8 Å². The molecular weight excluding hydrogens is 304 g/mol. The van der Waals surface area contributed by atoms with Crippen molar-refractivity contribution in [2.24, 2.45) is 5.92 Å². The van der Waals surface area contributed by atoms with E-state index in [0.717, 1.165) is 25.7 Å². The maximum atomic E-state index is 12.3. The van der Waals surface area contributed by atoms with Crippen LogP contribution in [0.5, 0.6) is 0 Å². The van der Waals surface area contributed by atoms with Crippen LogP contribution >= 0.6 is 0 Å². The molecule has 3 rings (SSSR count). The van der Waals surface area contributed by atoms with Crippen molar-refractivity contribution in [3.8, 4) is 0 Å². The van der Waals surface area contributed by atoms with Crippen LogP contribution in [0.3, 0.4) is 0 Å². The lowest BCUT2D eigenvalue weighted by atomic mass is 9.78. The number of hydrogen-bond donors (Lipinski definition) is 1. The van der Waals surface area contributed by atoms with Crippen LogP contribution in [0.4, 0.5) is 0 Å². The van der Waals surface area contributed by atoms with Crippen LogP contribution in [0.25, 0.3) is 0 Å². The highest BCUT2D eigenvalue weighted by atomic mass is 32.2. The van der Waals surface area contributed by atoms with Gasteiger partial charge in [0, 0.05) is 25.7 Å². The van der Waals surface area contributed by atoms with E-state index in [1.165, 1.54) is 29.8 Å². The third-order valence-corrected chi connectivity index (χ3v) is 6.53. The smallest absolute Gasteiger partial charge is 0.226 e. The molecule has 2 saturated heterocycles. The summed E-state index contributed by atoms with van der Waals surface area (Å²) in [6, 6.07) is 0.173. The first-order valence-corrected chi connectivity index (χ1v) is 10.1. The van der Waals surface area contributed by atoms with Gasteiger partial charge in [0.25, 0.3) is 0 Å². The lowest BCUT2D eigenvalue weighted by Gasteiger charge is -2.44. The zero-order valence-electron chi connectivity index (χ0n) is 13.2. The molecule has 0 bridgehead atoms. The van der Waals surface area contributed by atoms with Gasteiger partial charge in [-0.15, -0.1) is 0 Å². The Bertz CT molecular complexity index is 516. The van der Waals surface area contributed by atoms with E-state index in [2.05, 4.69) is 5.32 Å². The van der Waals surface area contributed by atoms with Gasteiger partial charge in [-0.05, 0) is 25.7 Å². The summed E-state index contributed by atoms with van der Waals surface area (Å²) in [4.78, 5) is 12.3. The van der Waals surface area contributed by atoms with Crippen LogP contribution < -0.4 is 5.32 Å². The maximum Gasteiger partial charge on any atom is 0.226 e. The van der Waals surface area contributed by atoms with E-state index in [4.69, 9.17) is 4.74 Å². The molecule has 0 aromatic carbocycles. The molecule has 2 aliphatic heterocycles. The van der Waals surface area contributed by atoms with Crippen molar-refractivity contribution in [2.45, 2.75) is 56.6 Å². The van der Waals surface area contributed by atoms with Gasteiger partial charge in [-0.2, -0.15) is 0 Å². The Balaban J connectivity index is 1.50. The molecule has 22 heavy (non-hydrogen) atoms. The number of ether oxygens (including phenoxy) is 1. The molecule has 2 heterocycles. The fourth-order valence-electron chi connectivity index (χ4n) is 3.89. The van der Waals surface area contributed by atoms with Gasteiger partial charge in [-0.1, -0.05) is 19.3 Å². The molecule has 7 heteroatoms. The highest BCUT2D eigenvalue weighted by molar-refractivity contribution is 7.88. The van der Waals surface area contributed by atoms with Crippen LogP contribution in [0.1, 0.15) is 44.9 Å². The number of nitrogens with one attached hydrogen (secondary N) is 1. The zero-order valence-corrected chi connectivity index (χ0v) is 14.0. The molecule has 1 aliphatic carbocycles. The molecule has 1 spiro atoms. The van der Waals surface area contributed by atoms with Gasteiger partial charge in [0.2, 0.25) is 15.9 Å². The van der Waals surface area contributed by atoms with Crippen LogP contribution in [-0.4, -0.2) is 56.2 Å². The van der Waals surface area contributed by atoms with E-state index in [1.807, 2.05) is 0 Å². The number of rotatable bonds is 3. The molecule has 0 aromatic rings. The predicted molar refractivity (Wildman–Crippen MR) is 82.8 cm³/mol. The van der Waals surface area contributed by atoms with Crippen molar-refractivity contribution < 1.29 is 17.9 Å². The van der Waals surface area contributed by atoms with E-state index in [-0.39, 0.29) is 23.5 Å². The Morgan fingerprint density at radius 2 is 1.91 bits per heavy atom. The van der Waals surface area contributed by atoms with E-state index in [9.17, 15) is 13.2 Å². The molecule has 1 unspecified atom stereocenters. The second kappa shape index (κ2) is 6.09. The van der Waals surface area contributed by atoms with Gasteiger partial charge in [0.1, 0.15) is 0 Å². The van der Waals surface area contributed by atoms with Crippen LogP contribution in [-0.2, 0) is 19.6 Å². The first-order valence-electron chi connectivity index (χ1n) is 8.27. The van der Waals surface area contributed by atoms with Crippen LogP contribution in [0.2, 0.25) is 0 Å². The average molecular weight is 330 g/mol. The Labute approximate surface area is 132 Å². The Hall–Kier alpha value is -0.660. The third-order valence-electron chi connectivity index (χ3n) is 5.29. The summed E-state index contributed by atoms with van der Waals surface area (Å²) < 4.78 is 30.1. The lowest BCUT2D eigenvalue weighted by molar-refractivity contribution is -0.134. The van der Waals surface area contributed by atoms with E-state index in [1.54, 1.807) is 0 Å². The quantitative estimate of drug-likeness (QED) is 0.833. The minimum Gasteiger partial charge on any atom is -0.375 e. The Morgan fingerprint density at radius 1 is 1.23 bits per heavy atom. The molecule has 0 aromatic heterocycles. The van der Waals surface area contributed by atoms with Crippen molar-refractivity contribution in [2.75, 3.05) is 26.0 Å². The minimum absolute atomic E-state index is 0.00207. The van der Waals surface area contributed by atoms with Gasteiger partial charge in [0.15, 0.2) is 0 Å². The number of carbonyl (C=O) groups excluding carboxylic acids is 1. The van der Waals surface area contributed by atoms with Crippen LogP contribution in [0, 0.1) is 5.92 Å². The van der Waals surface area contributed by atoms with Crippen molar-refractivity contribution in [3.63, 3.8) is 0 Å². The molecule has 0 radical (unpaired) electrons. The Kier molecular flexibility index (Phi) is 4.49.